The van der Waals surface area contributed by atoms with Gasteiger partial charge >= 0.3 is 0 Å². The van der Waals surface area contributed by atoms with Crippen molar-refractivity contribution in [3.8, 4) is 0 Å². The summed E-state index contributed by atoms with van der Waals surface area (Å²) >= 11 is 7.88. The minimum absolute atomic E-state index is 0.414. The quantitative estimate of drug-likeness (QED) is 0.267. The maximum atomic E-state index is 4.09. The predicted octanol–water partition coefficient (Wildman–Crippen LogP) is 8.57. The Morgan fingerprint density at radius 2 is 1.76 bits per heavy atom. The second kappa shape index (κ2) is 7.07. The highest BCUT2D eigenvalue weighted by Gasteiger charge is 2.46. The van der Waals surface area contributed by atoms with Gasteiger partial charge in [-0.25, -0.2) is 0 Å². The van der Waals surface area contributed by atoms with Crippen LogP contribution < -0.4 is 0 Å². The van der Waals surface area contributed by atoms with Gasteiger partial charge in [-0.1, -0.05) is 86.5 Å². The van der Waals surface area contributed by atoms with Crippen molar-refractivity contribution in [3.05, 3.63) is 84.6 Å². The average molecular weight is 528 g/mol. The van der Waals surface area contributed by atoms with E-state index in [1.165, 1.54) is 58.0 Å². The summed E-state index contributed by atoms with van der Waals surface area (Å²) in [5, 5.41) is 1.68. The molecule has 0 aliphatic heterocycles. The predicted molar refractivity (Wildman–Crippen MR) is 135 cm³/mol. The van der Waals surface area contributed by atoms with Crippen molar-refractivity contribution in [2.45, 2.75) is 63.0 Å². The van der Waals surface area contributed by atoms with Crippen molar-refractivity contribution in [2.24, 2.45) is 0 Å². The molecule has 0 aromatic heterocycles. The molecule has 0 nitrogen and oxygen atoms in total. The molecular weight excluding hydrogens is 500 g/mol. The Bertz CT molecular complexity index is 1080. The SMILES string of the molecule is CC1=Cc2c(Br)cccc2C1[Si](C)(C)C1=C(C)C=C2C1=CC1=C(CCCC1)C2Br. The first-order valence-electron chi connectivity index (χ1n) is 10.8. The summed E-state index contributed by atoms with van der Waals surface area (Å²) in [4.78, 5) is 0.414. The van der Waals surface area contributed by atoms with Crippen molar-refractivity contribution in [1.29, 1.82) is 0 Å². The Balaban J connectivity index is 1.62. The lowest BCUT2D eigenvalue weighted by atomic mass is 9.81. The van der Waals surface area contributed by atoms with E-state index in [2.05, 4.69) is 95.2 Å². The van der Waals surface area contributed by atoms with Gasteiger partial charge in [-0.3, -0.25) is 0 Å². The van der Waals surface area contributed by atoms with Gasteiger partial charge in [-0.05, 0) is 84.2 Å². The zero-order valence-electron chi connectivity index (χ0n) is 17.7. The van der Waals surface area contributed by atoms with Crippen molar-refractivity contribution in [2.75, 3.05) is 0 Å². The molecule has 0 saturated carbocycles. The first-order valence-corrected chi connectivity index (χ1v) is 15.6. The smallest absolute Gasteiger partial charge is 0.0790 e. The van der Waals surface area contributed by atoms with Crippen molar-refractivity contribution in [3.63, 3.8) is 0 Å². The highest BCUT2D eigenvalue weighted by atomic mass is 79.9. The van der Waals surface area contributed by atoms with Gasteiger partial charge in [0, 0.05) is 10.0 Å². The Morgan fingerprint density at radius 1 is 1.00 bits per heavy atom. The molecule has 0 amide bonds. The molecule has 4 aliphatic carbocycles. The van der Waals surface area contributed by atoms with E-state index in [0.29, 0.717) is 10.4 Å². The fourth-order valence-corrected chi connectivity index (χ4v) is 12.3. The van der Waals surface area contributed by atoms with Crippen LogP contribution in [0.25, 0.3) is 6.08 Å². The summed E-state index contributed by atoms with van der Waals surface area (Å²) in [6.07, 6.45) is 12.7. The number of benzene rings is 1. The van der Waals surface area contributed by atoms with E-state index in [1.54, 1.807) is 21.9 Å². The standard InChI is InChI=1S/C26H28Br2Si/c1-15-12-20-19(10-7-11-23(20)27)25(15)29(3,4)26-16(2)13-21-22(26)14-17-8-5-6-9-18(17)24(21)28/h7,10-14,24-25H,5-6,8-9H2,1-4H3. The van der Waals surface area contributed by atoms with Crippen molar-refractivity contribution >= 4 is 46.0 Å². The molecule has 4 aliphatic rings. The zero-order chi connectivity index (χ0) is 20.5. The van der Waals surface area contributed by atoms with Gasteiger partial charge in [0.05, 0.1) is 12.9 Å². The third-order valence-corrected chi connectivity index (χ3v) is 13.3. The summed E-state index contributed by atoms with van der Waals surface area (Å²) in [5.41, 5.74) is 12.8. The molecule has 29 heavy (non-hydrogen) atoms. The summed E-state index contributed by atoms with van der Waals surface area (Å²) < 4.78 is 1.23. The number of hydrogen-bond donors (Lipinski definition) is 0. The molecule has 5 rings (SSSR count). The lowest BCUT2D eigenvalue weighted by Gasteiger charge is -2.38. The molecule has 1 aromatic carbocycles. The molecule has 0 bridgehead atoms. The van der Waals surface area contributed by atoms with E-state index in [0.717, 1.165) is 0 Å². The molecule has 0 spiro atoms. The fourth-order valence-electron chi connectivity index (χ4n) is 6.34. The minimum atomic E-state index is -1.81. The monoisotopic (exact) mass is 526 g/mol. The summed E-state index contributed by atoms with van der Waals surface area (Å²) in [6, 6.07) is 6.74. The van der Waals surface area contributed by atoms with Crippen LogP contribution in [0.3, 0.4) is 0 Å². The summed E-state index contributed by atoms with van der Waals surface area (Å²) in [7, 11) is -1.81. The Morgan fingerprint density at radius 3 is 2.55 bits per heavy atom. The Labute approximate surface area is 192 Å². The van der Waals surface area contributed by atoms with E-state index in [-0.39, 0.29) is 0 Å². The Hall–Kier alpha value is -0.903. The van der Waals surface area contributed by atoms with E-state index < -0.39 is 8.07 Å². The van der Waals surface area contributed by atoms with Gasteiger partial charge in [-0.2, -0.15) is 0 Å². The highest BCUT2D eigenvalue weighted by Crippen LogP contribution is 2.54. The average Bonchev–Trinajstić information content (AvgIpc) is 3.20. The number of hydrogen-bond acceptors (Lipinski definition) is 0. The molecule has 2 atom stereocenters. The van der Waals surface area contributed by atoms with Crippen LogP contribution in [0, 0.1) is 0 Å². The van der Waals surface area contributed by atoms with Gasteiger partial charge in [0.1, 0.15) is 0 Å². The van der Waals surface area contributed by atoms with Crippen LogP contribution in [0.1, 0.15) is 56.2 Å². The third kappa shape index (κ3) is 2.95. The van der Waals surface area contributed by atoms with E-state index in [4.69, 9.17) is 0 Å². The molecule has 0 fully saturated rings. The van der Waals surface area contributed by atoms with Crippen LogP contribution in [-0.4, -0.2) is 12.9 Å². The second-order valence-corrected chi connectivity index (χ2v) is 15.9. The highest BCUT2D eigenvalue weighted by molar-refractivity contribution is 9.10. The fraction of sp³-hybridized carbons (Fsp3) is 0.385. The van der Waals surface area contributed by atoms with E-state index >= 15 is 0 Å². The lowest BCUT2D eigenvalue weighted by molar-refractivity contribution is 0.669. The van der Waals surface area contributed by atoms with Crippen LogP contribution in [-0.2, 0) is 0 Å². The van der Waals surface area contributed by atoms with E-state index in [9.17, 15) is 0 Å². The first kappa shape index (κ1) is 20.0. The molecule has 0 radical (unpaired) electrons. The van der Waals surface area contributed by atoms with Crippen LogP contribution in [0.5, 0.6) is 0 Å². The van der Waals surface area contributed by atoms with Gasteiger partial charge < -0.3 is 0 Å². The second-order valence-electron chi connectivity index (χ2n) is 9.62. The van der Waals surface area contributed by atoms with Gasteiger partial charge in [0.25, 0.3) is 0 Å². The van der Waals surface area contributed by atoms with Crippen LogP contribution in [0.4, 0.5) is 0 Å². The number of fused-ring (bicyclic) bond motifs is 2. The molecular formula is C26H28Br2Si. The number of allylic oxidation sites excluding steroid dienone is 9. The molecule has 150 valence electrons. The number of halogens is 2. The zero-order valence-corrected chi connectivity index (χ0v) is 21.9. The lowest BCUT2D eigenvalue weighted by Crippen LogP contribution is -2.39. The summed E-state index contributed by atoms with van der Waals surface area (Å²) in [6.45, 7) is 9.88. The Kier molecular flexibility index (Phi) is 4.88. The molecule has 0 N–H and O–H groups in total. The largest absolute Gasteiger partial charge is 0.0934 e. The molecule has 3 heteroatoms. The van der Waals surface area contributed by atoms with Crippen LogP contribution >= 0.6 is 31.9 Å². The summed E-state index contributed by atoms with van der Waals surface area (Å²) in [5.74, 6) is 0. The van der Waals surface area contributed by atoms with Gasteiger partial charge in [0.15, 0.2) is 0 Å². The normalized spacial score (nSPS) is 26.1. The number of rotatable bonds is 2. The molecule has 1 aromatic rings. The third-order valence-electron chi connectivity index (χ3n) is 7.39. The minimum Gasteiger partial charge on any atom is -0.0790 e. The van der Waals surface area contributed by atoms with E-state index in [1.807, 2.05) is 0 Å². The number of alkyl halides is 1. The first-order chi connectivity index (χ1) is 13.8. The maximum Gasteiger partial charge on any atom is 0.0934 e. The van der Waals surface area contributed by atoms with Crippen LogP contribution in [0.15, 0.2) is 73.5 Å². The molecule has 0 saturated heterocycles. The maximum absolute atomic E-state index is 4.09. The molecule has 0 heterocycles. The van der Waals surface area contributed by atoms with Crippen molar-refractivity contribution in [1.82, 2.24) is 0 Å². The van der Waals surface area contributed by atoms with Crippen LogP contribution in [0.2, 0.25) is 13.1 Å². The van der Waals surface area contributed by atoms with Crippen molar-refractivity contribution < 1.29 is 0 Å². The molecule has 2 unspecified atom stereocenters. The topological polar surface area (TPSA) is 0 Å². The van der Waals surface area contributed by atoms with Gasteiger partial charge in [-0.15, -0.1) is 0 Å². The van der Waals surface area contributed by atoms with Gasteiger partial charge in [0.2, 0.25) is 0 Å².